The van der Waals surface area contributed by atoms with Crippen molar-refractivity contribution in [2.75, 3.05) is 6.61 Å². The summed E-state index contributed by atoms with van der Waals surface area (Å²) in [6.45, 7) is 1.95. The molecule has 4 nitrogen and oxygen atoms in total. The van der Waals surface area contributed by atoms with Crippen molar-refractivity contribution in [2.24, 2.45) is 0 Å². The number of carbonyl (C=O) groups is 1. The van der Waals surface area contributed by atoms with Crippen molar-refractivity contribution >= 4 is 28.3 Å². The average molecular weight is 266 g/mol. The van der Waals surface area contributed by atoms with Gasteiger partial charge in [-0.15, -0.1) is 0 Å². The molecule has 0 amide bonds. The number of hydrogen-bond donors (Lipinski definition) is 0. The SMILES string of the molecule is CCOC(=O)Cn1ccc2cc(Cl)ccc2c1=O. The Morgan fingerprint density at radius 1 is 1.39 bits per heavy atom. The number of nitrogens with zero attached hydrogens (tertiary/aromatic N) is 1. The number of pyridine rings is 1. The molecule has 0 radical (unpaired) electrons. The molecule has 1 aromatic carbocycles. The monoisotopic (exact) mass is 265 g/mol. The Labute approximate surface area is 109 Å². The molecular formula is C13H12ClNO3. The van der Waals surface area contributed by atoms with Gasteiger partial charge in [-0.2, -0.15) is 0 Å². The van der Waals surface area contributed by atoms with Gasteiger partial charge in [-0.25, -0.2) is 0 Å². The summed E-state index contributed by atoms with van der Waals surface area (Å²) in [6, 6.07) is 6.77. The second-order valence-corrected chi connectivity index (χ2v) is 4.22. The molecule has 0 saturated heterocycles. The number of rotatable bonds is 3. The van der Waals surface area contributed by atoms with Crippen molar-refractivity contribution < 1.29 is 9.53 Å². The van der Waals surface area contributed by atoms with E-state index >= 15 is 0 Å². The van der Waals surface area contributed by atoms with Gasteiger partial charge in [0.15, 0.2) is 0 Å². The van der Waals surface area contributed by atoms with Crippen LogP contribution in [0.4, 0.5) is 0 Å². The first-order valence-electron chi connectivity index (χ1n) is 5.56. The Hall–Kier alpha value is -1.81. The maximum atomic E-state index is 12.1. The zero-order valence-corrected chi connectivity index (χ0v) is 10.6. The molecule has 0 bridgehead atoms. The highest BCUT2D eigenvalue weighted by molar-refractivity contribution is 6.31. The number of carbonyl (C=O) groups excluding carboxylic acids is 1. The van der Waals surface area contributed by atoms with E-state index in [1.807, 2.05) is 0 Å². The Morgan fingerprint density at radius 2 is 2.17 bits per heavy atom. The Morgan fingerprint density at radius 3 is 2.89 bits per heavy atom. The summed E-state index contributed by atoms with van der Waals surface area (Å²) in [5, 5.41) is 1.86. The summed E-state index contributed by atoms with van der Waals surface area (Å²) in [6.07, 6.45) is 1.57. The lowest BCUT2D eigenvalue weighted by atomic mass is 10.2. The molecular weight excluding hydrogens is 254 g/mol. The lowest BCUT2D eigenvalue weighted by molar-refractivity contribution is -0.143. The van der Waals surface area contributed by atoms with Crippen LogP contribution in [0.2, 0.25) is 5.02 Å². The van der Waals surface area contributed by atoms with Crippen LogP contribution in [0.25, 0.3) is 10.8 Å². The molecule has 0 aliphatic rings. The predicted octanol–water partition coefficient (Wildman–Crippen LogP) is 2.22. The number of hydrogen-bond acceptors (Lipinski definition) is 3. The number of aromatic nitrogens is 1. The van der Waals surface area contributed by atoms with Gasteiger partial charge in [0.25, 0.3) is 5.56 Å². The lowest BCUT2D eigenvalue weighted by Crippen LogP contribution is -2.24. The lowest BCUT2D eigenvalue weighted by Gasteiger charge is -2.06. The summed E-state index contributed by atoms with van der Waals surface area (Å²) in [5.74, 6) is -0.423. The summed E-state index contributed by atoms with van der Waals surface area (Å²) in [5.41, 5.74) is -0.225. The normalized spacial score (nSPS) is 10.6. The first-order valence-corrected chi connectivity index (χ1v) is 5.94. The predicted molar refractivity (Wildman–Crippen MR) is 69.9 cm³/mol. The van der Waals surface area contributed by atoms with Crippen molar-refractivity contribution in [1.82, 2.24) is 4.57 Å². The zero-order chi connectivity index (χ0) is 13.1. The van der Waals surface area contributed by atoms with Crippen LogP contribution in [0, 0.1) is 0 Å². The van der Waals surface area contributed by atoms with Crippen molar-refractivity contribution in [3.63, 3.8) is 0 Å². The largest absolute Gasteiger partial charge is 0.465 e. The number of ether oxygens (including phenoxy) is 1. The summed E-state index contributed by atoms with van der Waals surface area (Å²) in [4.78, 5) is 23.4. The summed E-state index contributed by atoms with van der Waals surface area (Å²) < 4.78 is 6.14. The van der Waals surface area contributed by atoms with E-state index < -0.39 is 5.97 Å². The number of halogens is 1. The maximum Gasteiger partial charge on any atom is 0.326 e. The highest BCUT2D eigenvalue weighted by Gasteiger charge is 2.07. The van der Waals surface area contributed by atoms with Gasteiger partial charge in [0.05, 0.1) is 6.61 Å². The minimum absolute atomic E-state index is 0.0781. The van der Waals surface area contributed by atoms with Gasteiger partial charge in [-0.1, -0.05) is 11.6 Å². The van der Waals surface area contributed by atoms with Gasteiger partial charge in [-0.3, -0.25) is 9.59 Å². The van der Waals surface area contributed by atoms with Gasteiger partial charge in [0, 0.05) is 16.6 Å². The third-order valence-electron chi connectivity index (χ3n) is 2.54. The molecule has 94 valence electrons. The van der Waals surface area contributed by atoms with Crippen LogP contribution in [0.15, 0.2) is 35.3 Å². The van der Waals surface area contributed by atoms with Crippen LogP contribution in [-0.4, -0.2) is 17.1 Å². The zero-order valence-electron chi connectivity index (χ0n) is 9.85. The molecule has 0 N–H and O–H groups in total. The first kappa shape index (κ1) is 12.6. The Kier molecular flexibility index (Phi) is 3.67. The second-order valence-electron chi connectivity index (χ2n) is 3.79. The van der Waals surface area contributed by atoms with Gasteiger partial charge in [0.1, 0.15) is 6.54 Å². The standard InChI is InChI=1S/C13H12ClNO3/c1-2-18-12(16)8-15-6-5-9-7-10(14)3-4-11(9)13(15)17/h3-7H,2,8H2,1H3. The minimum Gasteiger partial charge on any atom is -0.465 e. The highest BCUT2D eigenvalue weighted by Crippen LogP contribution is 2.16. The molecule has 18 heavy (non-hydrogen) atoms. The fourth-order valence-corrected chi connectivity index (χ4v) is 1.91. The second kappa shape index (κ2) is 5.23. The quantitative estimate of drug-likeness (QED) is 0.800. The van der Waals surface area contributed by atoms with Crippen LogP contribution in [-0.2, 0) is 16.1 Å². The van der Waals surface area contributed by atoms with Gasteiger partial charge < -0.3 is 9.30 Å². The van der Waals surface area contributed by atoms with E-state index in [4.69, 9.17) is 16.3 Å². The number of benzene rings is 1. The summed E-state index contributed by atoms with van der Waals surface area (Å²) in [7, 11) is 0. The van der Waals surface area contributed by atoms with Crippen LogP contribution in [0.5, 0.6) is 0 Å². The van der Waals surface area contributed by atoms with E-state index in [1.165, 1.54) is 4.57 Å². The van der Waals surface area contributed by atoms with Gasteiger partial charge in [-0.05, 0) is 36.6 Å². The van der Waals surface area contributed by atoms with E-state index in [-0.39, 0.29) is 12.1 Å². The van der Waals surface area contributed by atoms with Crippen LogP contribution in [0.1, 0.15) is 6.92 Å². The number of esters is 1. The molecule has 0 spiro atoms. The fraction of sp³-hybridized carbons (Fsp3) is 0.231. The first-order chi connectivity index (χ1) is 8.61. The molecule has 0 fully saturated rings. The maximum absolute atomic E-state index is 12.1. The third kappa shape index (κ3) is 2.54. The molecule has 2 aromatic rings. The highest BCUT2D eigenvalue weighted by atomic mass is 35.5. The smallest absolute Gasteiger partial charge is 0.326 e. The minimum atomic E-state index is -0.423. The molecule has 2 rings (SSSR count). The molecule has 1 aromatic heterocycles. The number of fused-ring (bicyclic) bond motifs is 1. The molecule has 0 aliphatic carbocycles. The molecule has 0 saturated carbocycles. The van der Waals surface area contributed by atoms with E-state index in [0.717, 1.165) is 5.39 Å². The Balaban J connectivity index is 2.42. The molecule has 0 atom stereocenters. The van der Waals surface area contributed by atoms with Gasteiger partial charge in [0.2, 0.25) is 0 Å². The van der Waals surface area contributed by atoms with Gasteiger partial charge >= 0.3 is 5.97 Å². The Bertz CT molecular complexity index is 648. The van der Waals surface area contributed by atoms with Crippen LogP contribution < -0.4 is 5.56 Å². The molecule has 1 heterocycles. The topological polar surface area (TPSA) is 48.3 Å². The van der Waals surface area contributed by atoms with Crippen molar-refractivity contribution in [3.05, 3.63) is 45.8 Å². The average Bonchev–Trinajstić information content (AvgIpc) is 2.33. The van der Waals surface area contributed by atoms with E-state index in [1.54, 1.807) is 37.4 Å². The van der Waals surface area contributed by atoms with E-state index in [9.17, 15) is 9.59 Å². The summed E-state index contributed by atoms with van der Waals surface area (Å²) >= 11 is 5.85. The van der Waals surface area contributed by atoms with Crippen molar-refractivity contribution in [2.45, 2.75) is 13.5 Å². The van der Waals surface area contributed by atoms with Crippen molar-refractivity contribution in [3.8, 4) is 0 Å². The molecule has 5 heteroatoms. The van der Waals surface area contributed by atoms with Crippen molar-refractivity contribution in [1.29, 1.82) is 0 Å². The van der Waals surface area contributed by atoms with Crippen LogP contribution >= 0.6 is 11.6 Å². The van der Waals surface area contributed by atoms with E-state index in [2.05, 4.69) is 0 Å². The van der Waals surface area contributed by atoms with Crippen LogP contribution in [0.3, 0.4) is 0 Å². The van der Waals surface area contributed by atoms with E-state index in [0.29, 0.717) is 17.0 Å². The fourth-order valence-electron chi connectivity index (χ4n) is 1.73. The molecule has 0 unspecified atom stereocenters. The molecule has 0 aliphatic heterocycles. The third-order valence-corrected chi connectivity index (χ3v) is 2.78.